The Balaban J connectivity index is 0.000000980. The van der Waals surface area contributed by atoms with Crippen LogP contribution in [-0.2, 0) is 6.42 Å². The number of aryl methyl sites for hydroxylation is 1. The molecule has 0 atom stereocenters. The van der Waals surface area contributed by atoms with Crippen LogP contribution in [0.25, 0.3) is 6.08 Å². The molecule has 1 amide bonds. The Bertz CT molecular complexity index is 370. The standard InChI is InChI=1S/C10H11NOS.H2/c1-11-10(12)9-6-7-4-2-3-5-8(7)13-9;/h3,5-6H,2,4H2,1H3,(H,11,12);1H. The fourth-order valence-electron chi connectivity index (χ4n) is 1.44. The summed E-state index contributed by atoms with van der Waals surface area (Å²) in [6, 6.07) is 2.00. The van der Waals surface area contributed by atoms with E-state index in [9.17, 15) is 4.79 Å². The summed E-state index contributed by atoms with van der Waals surface area (Å²) >= 11 is 1.57. The maximum absolute atomic E-state index is 11.3. The van der Waals surface area contributed by atoms with Crippen molar-refractivity contribution in [2.75, 3.05) is 7.05 Å². The Morgan fingerprint density at radius 2 is 2.54 bits per heavy atom. The fraction of sp³-hybridized carbons (Fsp3) is 0.300. The van der Waals surface area contributed by atoms with E-state index in [0.29, 0.717) is 0 Å². The van der Waals surface area contributed by atoms with Gasteiger partial charge in [-0.1, -0.05) is 6.08 Å². The number of hydrogen-bond acceptors (Lipinski definition) is 2. The summed E-state index contributed by atoms with van der Waals surface area (Å²) in [4.78, 5) is 13.4. The molecule has 1 heterocycles. The van der Waals surface area contributed by atoms with Gasteiger partial charge in [-0.25, -0.2) is 0 Å². The van der Waals surface area contributed by atoms with Gasteiger partial charge in [0, 0.05) is 13.4 Å². The normalized spacial score (nSPS) is 13.9. The molecule has 0 saturated heterocycles. The van der Waals surface area contributed by atoms with E-state index in [4.69, 9.17) is 0 Å². The molecule has 0 spiro atoms. The van der Waals surface area contributed by atoms with E-state index < -0.39 is 0 Å². The van der Waals surface area contributed by atoms with Gasteiger partial charge in [0.15, 0.2) is 0 Å². The van der Waals surface area contributed by atoms with Gasteiger partial charge in [-0.2, -0.15) is 0 Å². The van der Waals surface area contributed by atoms with Gasteiger partial charge < -0.3 is 5.32 Å². The Morgan fingerprint density at radius 1 is 1.69 bits per heavy atom. The van der Waals surface area contributed by atoms with Crippen molar-refractivity contribution in [3.63, 3.8) is 0 Å². The Labute approximate surface area is 82.8 Å². The van der Waals surface area contributed by atoms with Crippen molar-refractivity contribution in [1.82, 2.24) is 5.32 Å². The molecule has 0 bridgehead atoms. The molecule has 3 heteroatoms. The molecule has 0 unspecified atom stereocenters. The number of allylic oxidation sites excluding steroid dienone is 1. The van der Waals surface area contributed by atoms with Crippen LogP contribution in [0.15, 0.2) is 12.1 Å². The van der Waals surface area contributed by atoms with Gasteiger partial charge in [0.05, 0.1) is 4.88 Å². The molecule has 1 aliphatic rings. The molecule has 0 aromatic carbocycles. The zero-order valence-electron chi connectivity index (χ0n) is 7.46. The summed E-state index contributed by atoms with van der Waals surface area (Å²) in [7, 11) is 1.66. The summed E-state index contributed by atoms with van der Waals surface area (Å²) in [5.74, 6) is 0.0211. The molecule has 1 aromatic rings. The molecule has 1 aliphatic carbocycles. The second-order valence-corrected chi connectivity index (χ2v) is 4.10. The van der Waals surface area contributed by atoms with Crippen molar-refractivity contribution in [3.05, 3.63) is 27.5 Å². The average molecular weight is 195 g/mol. The highest BCUT2D eigenvalue weighted by Gasteiger charge is 2.13. The molecule has 1 N–H and O–H groups in total. The number of rotatable bonds is 1. The lowest BCUT2D eigenvalue weighted by atomic mass is 10.1. The quantitative estimate of drug-likeness (QED) is 0.732. The molecule has 0 saturated carbocycles. The first-order chi connectivity index (χ1) is 6.31. The largest absolute Gasteiger partial charge is 0.354 e. The number of hydrogen-bond donors (Lipinski definition) is 1. The van der Waals surface area contributed by atoms with Crippen LogP contribution in [-0.4, -0.2) is 13.0 Å². The zero-order valence-corrected chi connectivity index (χ0v) is 8.28. The average Bonchev–Trinajstić information content (AvgIpc) is 2.59. The van der Waals surface area contributed by atoms with E-state index in [2.05, 4.69) is 17.5 Å². The number of thiophene rings is 1. The van der Waals surface area contributed by atoms with Gasteiger partial charge in [0.1, 0.15) is 0 Å². The third kappa shape index (κ3) is 1.52. The highest BCUT2D eigenvalue weighted by atomic mass is 32.1. The minimum Gasteiger partial charge on any atom is -0.354 e. The molecule has 0 aliphatic heterocycles. The van der Waals surface area contributed by atoms with Gasteiger partial charge in [-0.3, -0.25) is 4.79 Å². The van der Waals surface area contributed by atoms with Crippen molar-refractivity contribution >= 4 is 23.3 Å². The Kier molecular flexibility index (Phi) is 2.19. The zero-order chi connectivity index (χ0) is 9.26. The SMILES string of the molecule is CNC(=O)c1cc2c(s1)C=CCC2.[HH]. The first-order valence-electron chi connectivity index (χ1n) is 4.32. The van der Waals surface area contributed by atoms with Crippen LogP contribution in [0, 0.1) is 0 Å². The number of amides is 1. The van der Waals surface area contributed by atoms with Crippen molar-refractivity contribution in [3.8, 4) is 0 Å². The second-order valence-electron chi connectivity index (χ2n) is 3.02. The molecular weight excluding hydrogens is 182 g/mol. The van der Waals surface area contributed by atoms with Gasteiger partial charge in [-0.15, -0.1) is 11.3 Å². The van der Waals surface area contributed by atoms with Crippen molar-refractivity contribution < 1.29 is 6.22 Å². The number of carbonyl (C=O) groups is 1. The Morgan fingerprint density at radius 3 is 3.23 bits per heavy atom. The van der Waals surface area contributed by atoms with Crippen LogP contribution in [0.5, 0.6) is 0 Å². The van der Waals surface area contributed by atoms with Gasteiger partial charge >= 0.3 is 0 Å². The molecule has 0 radical (unpaired) electrons. The smallest absolute Gasteiger partial charge is 0.261 e. The predicted molar refractivity (Wildman–Crippen MR) is 57.2 cm³/mol. The van der Waals surface area contributed by atoms with Crippen LogP contribution >= 0.6 is 11.3 Å². The molecule has 2 nitrogen and oxygen atoms in total. The number of fused-ring (bicyclic) bond motifs is 1. The third-order valence-corrected chi connectivity index (χ3v) is 3.28. The fourth-order valence-corrected chi connectivity index (χ4v) is 2.53. The maximum Gasteiger partial charge on any atom is 0.261 e. The minimum absolute atomic E-state index is 0. The number of nitrogens with one attached hydrogen (secondary N) is 1. The lowest BCUT2D eigenvalue weighted by molar-refractivity contribution is 0.0967. The van der Waals surface area contributed by atoms with E-state index in [1.54, 1.807) is 18.4 Å². The first kappa shape index (κ1) is 8.51. The summed E-state index contributed by atoms with van der Waals surface area (Å²) in [5, 5.41) is 2.64. The van der Waals surface area contributed by atoms with Crippen LogP contribution in [0.3, 0.4) is 0 Å². The first-order valence-corrected chi connectivity index (χ1v) is 5.14. The predicted octanol–water partition coefficient (Wildman–Crippen LogP) is 2.31. The summed E-state index contributed by atoms with van der Waals surface area (Å²) in [5.41, 5.74) is 1.31. The highest BCUT2D eigenvalue weighted by Crippen LogP contribution is 2.28. The van der Waals surface area contributed by atoms with Gasteiger partial charge in [-0.05, 0) is 30.5 Å². The van der Waals surface area contributed by atoms with E-state index in [0.717, 1.165) is 17.7 Å². The van der Waals surface area contributed by atoms with Crippen LogP contribution in [0.4, 0.5) is 0 Å². The molecule has 70 valence electrons. The van der Waals surface area contributed by atoms with Crippen LogP contribution in [0.2, 0.25) is 0 Å². The van der Waals surface area contributed by atoms with E-state index in [1.165, 1.54) is 10.4 Å². The van der Waals surface area contributed by atoms with Crippen LogP contribution < -0.4 is 5.32 Å². The topological polar surface area (TPSA) is 29.1 Å². The molecule has 1 aromatic heterocycles. The molecule has 2 rings (SSSR count). The van der Waals surface area contributed by atoms with Crippen LogP contribution in [0.1, 0.15) is 28.0 Å². The minimum atomic E-state index is 0. The summed E-state index contributed by atoms with van der Waals surface area (Å²) in [6.07, 6.45) is 6.43. The molecule has 0 fully saturated rings. The highest BCUT2D eigenvalue weighted by molar-refractivity contribution is 7.15. The van der Waals surface area contributed by atoms with Crippen molar-refractivity contribution in [1.29, 1.82) is 0 Å². The van der Waals surface area contributed by atoms with Gasteiger partial charge in [0.2, 0.25) is 0 Å². The Hall–Kier alpha value is -1.09. The third-order valence-electron chi connectivity index (χ3n) is 2.14. The van der Waals surface area contributed by atoms with Gasteiger partial charge in [0.25, 0.3) is 5.91 Å². The van der Waals surface area contributed by atoms with E-state index in [-0.39, 0.29) is 7.33 Å². The summed E-state index contributed by atoms with van der Waals surface area (Å²) < 4.78 is 0. The molecular formula is C10H13NOS. The van der Waals surface area contributed by atoms with Crippen molar-refractivity contribution in [2.24, 2.45) is 0 Å². The second kappa shape index (κ2) is 3.34. The van der Waals surface area contributed by atoms with E-state index >= 15 is 0 Å². The van der Waals surface area contributed by atoms with Crippen molar-refractivity contribution in [2.45, 2.75) is 12.8 Å². The number of carbonyl (C=O) groups excluding carboxylic acids is 1. The lowest BCUT2D eigenvalue weighted by Crippen LogP contribution is -2.16. The summed E-state index contributed by atoms with van der Waals surface area (Å²) in [6.45, 7) is 0. The lowest BCUT2D eigenvalue weighted by Gasteiger charge is -2.01. The van der Waals surface area contributed by atoms with E-state index in [1.807, 2.05) is 6.07 Å². The monoisotopic (exact) mass is 195 g/mol. The molecule has 13 heavy (non-hydrogen) atoms. The maximum atomic E-state index is 11.3.